The predicted octanol–water partition coefficient (Wildman–Crippen LogP) is -0.518. The lowest BCUT2D eigenvalue weighted by Gasteiger charge is -2.36. The molecule has 0 saturated carbocycles. The number of rotatable bonds is 6. The number of carbonyl (C=O) groups excluding carboxylic acids is 1. The summed E-state index contributed by atoms with van der Waals surface area (Å²) in [5.74, 6) is 1.10. The summed E-state index contributed by atoms with van der Waals surface area (Å²) in [6.07, 6.45) is 0.526. The molecule has 1 aromatic rings. The van der Waals surface area contributed by atoms with Gasteiger partial charge in [0.05, 0.1) is 50.0 Å². The Balaban J connectivity index is 1.53. The number of hydrogen-bond donors (Lipinski definition) is 2. The van der Waals surface area contributed by atoms with Crippen LogP contribution in [0.1, 0.15) is 20.3 Å². The molecule has 0 spiro atoms. The van der Waals surface area contributed by atoms with Gasteiger partial charge >= 0.3 is 0 Å². The molecule has 0 aliphatic carbocycles. The SMILES string of the molecule is CCOc1ccccc1N1CC[NH+]([C@@H](C)C(=O)N[C@H]2CCS(=O)(=O)C2)CC1. The molecule has 27 heavy (non-hydrogen) atoms. The van der Waals surface area contributed by atoms with Crippen molar-refractivity contribution in [2.75, 3.05) is 49.2 Å². The lowest BCUT2D eigenvalue weighted by Crippen LogP contribution is -3.19. The first-order valence-corrected chi connectivity index (χ1v) is 11.5. The molecule has 0 unspecified atom stereocenters. The summed E-state index contributed by atoms with van der Waals surface area (Å²) in [5.41, 5.74) is 1.10. The molecule has 2 saturated heterocycles. The Bertz CT molecular complexity index is 760. The van der Waals surface area contributed by atoms with Crippen molar-refractivity contribution in [2.24, 2.45) is 0 Å². The van der Waals surface area contributed by atoms with Gasteiger partial charge in [-0.05, 0) is 32.4 Å². The highest BCUT2D eigenvalue weighted by Gasteiger charge is 2.34. The molecule has 1 amide bonds. The monoisotopic (exact) mass is 396 g/mol. The fourth-order valence-corrected chi connectivity index (χ4v) is 5.56. The second-order valence-electron chi connectivity index (χ2n) is 7.38. The standard InChI is InChI=1S/C19H29N3O4S/c1-3-26-18-7-5-4-6-17(18)22-11-9-21(10-12-22)15(2)19(23)20-16-8-13-27(24,25)14-16/h4-7,15-16H,3,8-14H2,1-2H3,(H,20,23)/p+1/t15-,16-/m0/s1. The molecular formula is C19H30N3O4S+. The number of piperazine rings is 1. The van der Waals surface area contributed by atoms with Gasteiger partial charge in [-0.1, -0.05) is 12.1 Å². The fraction of sp³-hybridized carbons (Fsp3) is 0.632. The van der Waals surface area contributed by atoms with Gasteiger partial charge < -0.3 is 19.9 Å². The number of nitrogens with one attached hydrogen (secondary N) is 2. The van der Waals surface area contributed by atoms with Crippen molar-refractivity contribution < 1.29 is 22.8 Å². The number of hydrogen-bond acceptors (Lipinski definition) is 5. The first-order chi connectivity index (χ1) is 12.9. The molecule has 7 nitrogen and oxygen atoms in total. The summed E-state index contributed by atoms with van der Waals surface area (Å²) in [5, 5.41) is 2.93. The van der Waals surface area contributed by atoms with Gasteiger partial charge in [0.1, 0.15) is 5.75 Å². The van der Waals surface area contributed by atoms with E-state index >= 15 is 0 Å². The van der Waals surface area contributed by atoms with Gasteiger partial charge in [-0.15, -0.1) is 0 Å². The van der Waals surface area contributed by atoms with Gasteiger partial charge in [0.25, 0.3) is 5.91 Å². The minimum atomic E-state index is -2.98. The number of anilines is 1. The number of para-hydroxylation sites is 2. The minimum absolute atomic E-state index is 0.0460. The molecule has 2 heterocycles. The molecule has 0 radical (unpaired) electrons. The zero-order valence-corrected chi connectivity index (χ0v) is 16.9. The number of carbonyl (C=O) groups is 1. The van der Waals surface area contributed by atoms with E-state index in [0.717, 1.165) is 37.6 Å². The average Bonchev–Trinajstić information content (AvgIpc) is 3.00. The molecular weight excluding hydrogens is 366 g/mol. The number of ether oxygens (including phenoxy) is 1. The van der Waals surface area contributed by atoms with E-state index in [1.54, 1.807) is 0 Å². The predicted molar refractivity (Wildman–Crippen MR) is 105 cm³/mol. The van der Waals surface area contributed by atoms with Crippen molar-refractivity contribution >= 4 is 21.4 Å². The zero-order chi connectivity index (χ0) is 19.4. The summed E-state index contributed by atoms with van der Waals surface area (Å²) in [6.45, 7) is 7.97. The number of sulfone groups is 1. The van der Waals surface area contributed by atoms with Crippen molar-refractivity contribution in [3.8, 4) is 5.75 Å². The molecule has 2 aliphatic heterocycles. The van der Waals surface area contributed by atoms with Gasteiger partial charge in [-0.2, -0.15) is 0 Å². The third-order valence-corrected chi connectivity index (χ3v) is 7.26. The lowest BCUT2D eigenvalue weighted by atomic mass is 10.1. The zero-order valence-electron chi connectivity index (χ0n) is 16.1. The van der Waals surface area contributed by atoms with E-state index in [-0.39, 0.29) is 29.5 Å². The highest BCUT2D eigenvalue weighted by atomic mass is 32.2. The third kappa shape index (κ3) is 4.93. The van der Waals surface area contributed by atoms with Crippen molar-refractivity contribution in [1.29, 1.82) is 0 Å². The van der Waals surface area contributed by atoms with E-state index in [0.29, 0.717) is 13.0 Å². The van der Waals surface area contributed by atoms with E-state index in [4.69, 9.17) is 4.74 Å². The summed E-state index contributed by atoms with van der Waals surface area (Å²) in [6, 6.07) is 7.64. The third-order valence-electron chi connectivity index (χ3n) is 5.50. The number of nitrogens with zero attached hydrogens (tertiary/aromatic N) is 1. The topological polar surface area (TPSA) is 80.2 Å². The van der Waals surface area contributed by atoms with Crippen molar-refractivity contribution in [3.63, 3.8) is 0 Å². The molecule has 8 heteroatoms. The summed E-state index contributed by atoms with van der Waals surface area (Å²) >= 11 is 0. The van der Waals surface area contributed by atoms with Crippen molar-refractivity contribution in [1.82, 2.24) is 5.32 Å². The quantitative estimate of drug-likeness (QED) is 0.677. The van der Waals surface area contributed by atoms with E-state index < -0.39 is 9.84 Å². The number of benzene rings is 1. The fourth-order valence-electron chi connectivity index (χ4n) is 3.88. The molecule has 3 rings (SSSR count). The average molecular weight is 397 g/mol. The first-order valence-electron chi connectivity index (χ1n) is 9.72. The van der Waals surface area contributed by atoms with Gasteiger partial charge in [0.2, 0.25) is 0 Å². The Kier molecular flexibility index (Phi) is 6.26. The van der Waals surface area contributed by atoms with Gasteiger partial charge in [-0.25, -0.2) is 8.42 Å². The Morgan fingerprint density at radius 3 is 2.67 bits per heavy atom. The normalized spacial score (nSPS) is 23.8. The van der Waals surface area contributed by atoms with Crippen LogP contribution in [0, 0.1) is 0 Å². The van der Waals surface area contributed by atoms with Crippen LogP contribution in [0.3, 0.4) is 0 Å². The first kappa shape index (κ1) is 19.9. The van der Waals surface area contributed by atoms with Crippen LogP contribution in [-0.2, 0) is 14.6 Å². The van der Waals surface area contributed by atoms with Crippen molar-refractivity contribution in [3.05, 3.63) is 24.3 Å². The molecule has 2 fully saturated rings. The Morgan fingerprint density at radius 1 is 1.33 bits per heavy atom. The summed E-state index contributed by atoms with van der Waals surface area (Å²) in [4.78, 5) is 16.1. The Labute approximate surface area is 161 Å². The molecule has 150 valence electrons. The van der Waals surface area contributed by atoms with Crippen LogP contribution in [-0.4, -0.2) is 70.7 Å². The van der Waals surface area contributed by atoms with E-state index in [2.05, 4.69) is 16.3 Å². The van der Waals surface area contributed by atoms with Crippen molar-refractivity contribution in [2.45, 2.75) is 32.4 Å². The number of quaternary nitrogens is 1. The second kappa shape index (κ2) is 8.48. The van der Waals surface area contributed by atoms with Gasteiger partial charge in [-0.3, -0.25) is 4.79 Å². The van der Waals surface area contributed by atoms with Crippen LogP contribution in [0.4, 0.5) is 5.69 Å². The maximum absolute atomic E-state index is 12.5. The summed E-state index contributed by atoms with van der Waals surface area (Å²) in [7, 11) is -2.98. The number of amides is 1. The minimum Gasteiger partial charge on any atom is -0.492 e. The summed E-state index contributed by atoms with van der Waals surface area (Å²) < 4.78 is 28.9. The molecule has 2 N–H and O–H groups in total. The smallest absolute Gasteiger partial charge is 0.278 e. The maximum atomic E-state index is 12.5. The second-order valence-corrected chi connectivity index (χ2v) is 9.60. The molecule has 1 aromatic carbocycles. The van der Waals surface area contributed by atoms with E-state index in [1.807, 2.05) is 32.0 Å². The van der Waals surface area contributed by atoms with Crippen LogP contribution in [0.2, 0.25) is 0 Å². The molecule has 2 aliphatic rings. The Morgan fingerprint density at radius 2 is 2.04 bits per heavy atom. The largest absolute Gasteiger partial charge is 0.492 e. The van der Waals surface area contributed by atoms with Gasteiger partial charge in [0.15, 0.2) is 15.9 Å². The molecule has 0 aromatic heterocycles. The lowest BCUT2D eigenvalue weighted by molar-refractivity contribution is -0.914. The van der Waals surface area contributed by atoms with Crippen LogP contribution in [0.15, 0.2) is 24.3 Å². The van der Waals surface area contributed by atoms with E-state index in [1.165, 1.54) is 4.90 Å². The highest BCUT2D eigenvalue weighted by Crippen LogP contribution is 2.27. The van der Waals surface area contributed by atoms with E-state index in [9.17, 15) is 13.2 Å². The molecule has 2 atom stereocenters. The van der Waals surface area contributed by atoms with Crippen LogP contribution in [0.25, 0.3) is 0 Å². The van der Waals surface area contributed by atoms with Gasteiger partial charge in [0, 0.05) is 6.04 Å². The van der Waals surface area contributed by atoms with Crippen LogP contribution >= 0.6 is 0 Å². The highest BCUT2D eigenvalue weighted by molar-refractivity contribution is 7.91. The van der Waals surface area contributed by atoms with Crippen LogP contribution < -0.4 is 19.9 Å². The Hall–Kier alpha value is -1.80. The van der Waals surface area contributed by atoms with Crippen LogP contribution in [0.5, 0.6) is 5.75 Å². The maximum Gasteiger partial charge on any atom is 0.278 e. The molecule has 0 bridgehead atoms.